The predicted octanol–water partition coefficient (Wildman–Crippen LogP) is 5.39. The van der Waals surface area contributed by atoms with Gasteiger partial charge in [0.2, 0.25) is 0 Å². The second kappa shape index (κ2) is 8.08. The van der Waals surface area contributed by atoms with Crippen LogP contribution in [-0.2, 0) is 9.59 Å². The van der Waals surface area contributed by atoms with E-state index in [0.717, 1.165) is 32.8 Å². The number of nitro groups is 1. The number of amides is 2. The van der Waals surface area contributed by atoms with Crippen LogP contribution in [0.5, 0.6) is 0 Å². The first kappa shape index (κ1) is 22.4. The molecule has 0 unspecified atom stereocenters. The minimum atomic E-state index is -0.505. The second-order valence-electron chi connectivity index (χ2n) is 9.96. The summed E-state index contributed by atoms with van der Waals surface area (Å²) in [6.07, 6.45) is 1.35. The average Bonchev–Trinajstić information content (AvgIpc) is 3.50. The molecule has 0 spiro atoms. The highest BCUT2D eigenvalue weighted by atomic mass is 16.6. The Morgan fingerprint density at radius 2 is 1.39 bits per heavy atom. The van der Waals surface area contributed by atoms with Crippen molar-refractivity contribution in [2.75, 3.05) is 0 Å². The molecule has 8 heteroatoms. The number of nitro benzene ring substituents is 1. The minimum Gasteiger partial charge on any atom is -0.455 e. The Kier molecular flexibility index (Phi) is 4.75. The molecule has 8 rings (SSSR count). The zero-order chi connectivity index (χ0) is 26.1. The third-order valence-electron chi connectivity index (χ3n) is 8.05. The number of carbonyl (C=O) groups excluding carboxylic acids is 2. The molecule has 1 saturated heterocycles. The molecule has 8 nitrogen and oxygen atoms in total. The molecule has 38 heavy (non-hydrogen) atoms. The fraction of sp³-hybridized carbons (Fsp3) is 0.167. The van der Waals surface area contributed by atoms with Crippen LogP contribution in [0.1, 0.15) is 45.4 Å². The molecule has 1 fully saturated rings. The van der Waals surface area contributed by atoms with Crippen LogP contribution in [-0.4, -0.2) is 28.0 Å². The van der Waals surface area contributed by atoms with Gasteiger partial charge in [-0.3, -0.25) is 19.7 Å². The van der Waals surface area contributed by atoms with Crippen molar-refractivity contribution < 1.29 is 18.9 Å². The van der Waals surface area contributed by atoms with E-state index in [2.05, 4.69) is 29.4 Å². The van der Waals surface area contributed by atoms with Crippen molar-refractivity contribution in [2.24, 2.45) is 16.9 Å². The van der Waals surface area contributed by atoms with Crippen LogP contribution in [0, 0.1) is 28.9 Å². The van der Waals surface area contributed by atoms with Crippen molar-refractivity contribution in [1.82, 2.24) is 5.01 Å². The van der Waals surface area contributed by atoms with Gasteiger partial charge in [-0.25, -0.2) is 0 Å². The summed E-state index contributed by atoms with van der Waals surface area (Å²) in [7, 11) is 0. The molecule has 1 aromatic heterocycles. The lowest BCUT2D eigenvalue weighted by atomic mass is 9.55. The maximum absolute atomic E-state index is 13.7. The number of nitrogens with zero attached hydrogens (tertiary/aromatic N) is 3. The van der Waals surface area contributed by atoms with Crippen molar-refractivity contribution in [3.05, 3.63) is 123 Å². The Morgan fingerprint density at radius 3 is 1.92 bits per heavy atom. The van der Waals surface area contributed by atoms with Crippen LogP contribution in [0.15, 0.2) is 88.4 Å². The predicted molar refractivity (Wildman–Crippen MR) is 139 cm³/mol. The molecule has 1 aliphatic heterocycles. The lowest BCUT2D eigenvalue weighted by Gasteiger charge is -2.45. The van der Waals surface area contributed by atoms with Crippen molar-refractivity contribution >= 4 is 23.7 Å². The van der Waals surface area contributed by atoms with E-state index in [1.807, 2.05) is 31.2 Å². The first-order valence-electron chi connectivity index (χ1n) is 12.4. The molecule has 3 aliphatic carbocycles. The van der Waals surface area contributed by atoms with Gasteiger partial charge in [0, 0.05) is 29.5 Å². The van der Waals surface area contributed by atoms with Crippen molar-refractivity contribution in [3.63, 3.8) is 0 Å². The summed E-state index contributed by atoms with van der Waals surface area (Å²) in [4.78, 5) is 38.0. The smallest absolute Gasteiger partial charge is 0.270 e. The Morgan fingerprint density at radius 1 is 0.842 bits per heavy atom. The Labute approximate surface area is 217 Å². The summed E-state index contributed by atoms with van der Waals surface area (Å²) in [5, 5.41) is 16.5. The molecular weight excluding hydrogens is 482 g/mol. The number of aryl methyl sites for hydroxylation is 1. The van der Waals surface area contributed by atoms with Crippen LogP contribution >= 0.6 is 0 Å². The lowest BCUT2D eigenvalue weighted by molar-refractivity contribution is -0.384. The Balaban J connectivity index is 1.22. The number of imide groups is 1. The maximum Gasteiger partial charge on any atom is 0.270 e. The van der Waals surface area contributed by atoms with E-state index in [0.29, 0.717) is 17.1 Å². The Hall–Kier alpha value is -4.85. The highest BCUT2D eigenvalue weighted by Crippen LogP contribution is 2.60. The first-order valence-corrected chi connectivity index (χ1v) is 12.4. The molecule has 2 amide bonds. The molecule has 3 aromatic carbocycles. The van der Waals surface area contributed by atoms with Crippen LogP contribution in [0.3, 0.4) is 0 Å². The fourth-order valence-corrected chi connectivity index (χ4v) is 6.45. The zero-order valence-corrected chi connectivity index (χ0v) is 20.3. The number of carbonyl (C=O) groups is 2. The number of non-ortho nitro benzene ring substituents is 1. The van der Waals surface area contributed by atoms with Gasteiger partial charge < -0.3 is 4.42 Å². The molecule has 4 aliphatic rings. The molecule has 0 saturated carbocycles. The molecule has 0 N–H and O–H groups in total. The fourth-order valence-electron chi connectivity index (χ4n) is 6.45. The third kappa shape index (κ3) is 3.06. The van der Waals surface area contributed by atoms with Crippen LogP contribution < -0.4 is 0 Å². The van der Waals surface area contributed by atoms with E-state index >= 15 is 0 Å². The number of benzene rings is 3. The van der Waals surface area contributed by atoms with E-state index in [1.54, 1.807) is 18.2 Å². The number of hydrogen-bond donors (Lipinski definition) is 0. The van der Waals surface area contributed by atoms with E-state index in [9.17, 15) is 19.7 Å². The van der Waals surface area contributed by atoms with Gasteiger partial charge in [0.25, 0.3) is 17.5 Å². The van der Waals surface area contributed by atoms with Crippen LogP contribution in [0.4, 0.5) is 5.69 Å². The quantitative estimate of drug-likeness (QED) is 0.161. The van der Waals surface area contributed by atoms with Crippen molar-refractivity contribution in [2.45, 2.75) is 18.8 Å². The van der Waals surface area contributed by atoms with Gasteiger partial charge >= 0.3 is 0 Å². The molecule has 2 atom stereocenters. The molecular formula is C30H21N3O5. The third-order valence-corrected chi connectivity index (χ3v) is 8.05. The second-order valence-corrected chi connectivity index (χ2v) is 9.96. The normalized spacial score (nSPS) is 23.0. The summed E-state index contributed by atoms with van der Waals surface area (Å²) in [5.74, 6) is -1.25. The summed E-state index contributed by atoms with van der Waals surface area (Å²) >= 11 is 0. The van der Waals surface area contributed by atoms with Crippen LogP contribution in [0.2, 0.25) is 0 Å². The molecule has 4 aromatic rings. The summed E-state index contributed by atoms with van der Waals surface area (Å²) in [5.41, 5.74) is 5.78. The first-order chi connectivity index (χ1) is 18.4. The molecule has 186 valence electrons. The SMILES string of the molecule is Cc1ccc([N+](=O)[O-])cc1-c1ccc(/C=N\N2C(=O)[C@@H]3C4c5ccccc5C(c5ccccc54)[C@H]3C2=O)o1. The minimum absolute atomic E-state index is 0.0373. The van der Waals surface area contributed by atoms with Gasteiger partial charge in [0.15, 0.2) is 0 Å². The number of hydrazone groups is 1. The molecule has 0 radical (unpaired) electrons. The lowest BCUT2D eigenvalue weighted by Crippen LogP contribution is -2.41. The Bertz CT molecular complexity index is 1590. The maximum atomic E-state index is 13.7. The van der Waals surface area contributed by atoms with Crippen molar-refractivity contribution in [3.8, 4) is 11.3 Å². The number of rotatable bonds is 4. The van der Waals surface area contributed by atoms with E-state index < -0.39 is 16.8 Å². The van der Waals surface area contributed by atoms with Gasteiger partial charge in [-0.05, 0) is 46.9 Å². The van der Waals surface area contributed by atoms with E-state index in [-0.39, 0.29) is 29.3 Å². The summed E-state index contributed by atoms with van der Waals surface area (Å²) in [6, 6.07) is 24.1. The molecule has 2 heterocycles. The standard InChI is InChI=1S/C30H21N3O5/c1-16-10-11-17(33(36)37)14-23(16)24-13-12-18(38-24)15-31-32-29(34)27-25-19-6-2-3-7-20(19)26(28(27)30(32)35)22-9-5-4-8-21(22)25/h2-15,25-28H,1H3/b31-15-/t25?,26?,27-,28-/m1/s1. The number of furan rings is 1. The topological polar surface area (TPSA) is 106 Å². The van der Waals surface area contributed by atoms with Gasteiger partial charge in [0.05, 0.1) is 23.0 Å². The largest absolute Gasteiger partial charge is 0.455 e. The van der Waals surface area contributed by atoms with Gasteiger partial charge in [-0.1, -0.05) is 54.6 Å². The van der Waals surface area contributed by atoms with Crippen molar-refractivity contribution in [1.29, 1.82) is 0 Å². The van der Waals surface area contributed by atoms with Gasteiger partial charge in [0.1, 0.15) is 11.5 Å². The van der Waals surface area contributed by atoms with Gasteiger partial charge in [-0.2, -0.15) is 10.1 Å². The van der Waals surface area contributed by atoms with E-state index in [1.165, 1.54) is 18.3 Å². The summed E-state index contributed by atoms with van der Waals surface area (Å²) in [6.45, 7) is 1.84. The highest BCUT2D eigenvalue weighted by molar-refractivity contribution is 6.08. The monoisotopic (exact) mass is 503 g/mol. The zero-order valence-electron chi connectivity index (χ0n) is 20.3. The average molecular weight is 504 g/mol. The highest BCUT2D eigenvalue weighted by Gasteiger charge is 2.61. The summed E-state index contributed by atoms with van der Waals surface area (Å²) < 4.78 is 5.87. The van der Waals surface area contributed by atoms with E-state index in [4.69, 9.17) is 4.42 Å². The number of hydrogen-bond acceptors (Lipinski definition) is 6. The van der Waals surface area contributed by atoms with Gasteiger partial charge in [-0.15, -0.1) is 0 Å². The molecule has 2 bridgehead atoms. The van der Waals surface area contributed by atoms with Crippen LogP contribution in [0.25, 0.3) is 11.3 Å².